The zero-order chi connectivity index (χ0) is 27.8. The molecule has 0 unspecified atom stereocenters. The number of hydrogen-bond acceptors (Lipinski definition) is 5. The zero-order valence-electron chi connectivity index (χ0n) is 24.7. The van der Waals surface area contributed by atoms with Crippen LogP contribution >= 0.6 is 24.8 Å². The predicted octanol–water partition coefficient (Wildman–Crippen LogP) is 7.19. The fourth-order valence-electron chi connectivity index (χ4n) is 6.33. The van der Waals surface area contributed by atoms with Crippen LogP contribution in [0.25, 0.3) is 11.0 Å². The lowest BCUT2D eigenvalue weighted by Gasteiger charge is -2.46. The number of ether oxygens (including phenoxy) is 2. The number of aromatic nitrogens is 2. The molecule has 0 bridgehead atoms. The van der Waals surface area contributed by atoms with E-state index in [1.165, 1.54) is 13.2 Å². The Balaban J connectivity index is 0.00000294. The van der Waals surface area contributed by atoms with E-state index in [1.807, 2.05) is 24.3 Å². The Kier molecular flexibility index (Phi) is 14.0. The maximum atomic E-state index is 14.0. The van der Waals surface area contributed by atoms with Crippen LogP contribution in [0.5, 0.6) is 0 Å². The highest BCUT2D eigenvalue weighted by Crippen LogP contribution is 2.48. The highest BCUT2D eigenvalue weighted by Gasteiger charge is 2.47. The standard InChI is InChI=1S/C32H44FN3O3.2ClH/c1-22(2)31-26-14-13-25(33)19-24(26)15-16-32(31,39-30(37)21-38-4)17-18-34-20-23(3)9-5-8-12-29-35-27-10-6-7-11-28(27)36-29;;/h6-7,10-11,13-14,19,22-23,31,34H,5,8-9,12,15-18,20-21H2,1-4H3,(H,35,36);2*1H/t23-,31-,32-;;/m0../s1. The van der Waals surface area contributed by atoms with Crippen molar-refractivity contribution < 1.29 is 18.7 Å². The van der Waals surface area contributed by atoms with Crippen molar-refractivity contribution in [2.75, 3.05) is 26.8 Å². The van der Waals surface area contributed by atoms with Crippen LogP contribution in [0, 0.1) is 17.7 Å². The Morgan fingerprint density at radius 2 is 1.95 bits per heavy atom. The van der Waals surface area contributed by atoms with Gasteiger partial charge in [-0.3, -0.25) is 0 Å². The summed E-state index contributed by atoms with van der Waals surface area (Å²) in [5, 5.41) is 3.63. The summed E-state index contributed by atoms with van der Waals surface area (Å²) in [4.78, 5) is 20.8. The first-order valence-electron chi connectivity index (χ1n) is 14.4. The minimum Gasteiger partial charge on any atom is -0.457 e. The van der Waals surface area contributed by atoms with Crippen LogP contribution in [-0.4, -0.2) is 48.3 Å². The van der Waals surface area contributed by atoms with Crippen molar-refractivity contribution in [1.29, 1.82) is 0 Å². The third kappa shape index (κ3) is 9.15. The first-order valence-corrected chi connectivity index (χ1v) is 14.4. The third-order valence-electron chi connectivity index (χ3n) is 8.09. The van der Waals surface area contributed by atoms with Crippen molar-refractivity contribution in [3.63, 3.8) is 0 Å². The Bertz CT molecular complexity index is 1200. The number of hydrogen-bond donors (Lipinski definition) is 2. The molecule has 2 N–H and O–H groups in total. The Labute approximate surface area is 256 Å². The van der Waals surface area contributed by atoms with E-state index >= 15 is 0 Å². The van der Waals surface area contributed by atoms with Gasteiger partial charge < -0.3 is 19.8 Å². The quantitative estimate of drug-likeness (QED) is 0.149. The average Bonchev–Trinajstić information content (AvgIpc) is 3.32. The molecule has 1 aromatic heterocycles. The summed E-state index contributed by atoms with van der Waals surface area (Å²) >= 11 is 0. The number of fused-ring (bicyclic) bond motifs is 2. The van der Waals surface area contributed by atoms with Gasteiger partial charge in [0.15, 0.2) is 0 Å². The van der Waals surface area contributed by atoms with E-state index < -0.39 is 5.60 Å². The molecular weight excluding hydrogens is 564 g/mol. The van der Waals surface area contributed by atoms with E-state index in [0.717, 1.165) is 66.8 Å². The van der Waals surface area contributed by atoms with Gasteiger partial charge in [0.1, 0.15) is 23.8 Å². The number of H-pyrrole nitrogens is 1. The highest BCUT2D eigenvalue weighted by atomic mass is 35.5. The molecule has 4 rings (SSSR count). The van der Waals surface area contributed by atoms with Crippen LogP contribution in [0.3, 0.4) is 0 Å². The van der Waals surface area contributed by atoms with Gasteiger partial charge in [-0.1, -0.05) is 45.4 Å². The molecule has 228 valence electrons. The lowest BCUT2D eigenvalue weighted by molar-refractivity contribution is -0.171. The number of aromatic amines is 1. The number of para-hydroxylation sites is 2. The number of unbranched alkanes of at least 4 members (excludes halogenated alkanes) is 1. The van der Waals surface area contributed by atoms with Gasteiger partial charge in [0.25, 0.3) is 0 Å². The lowest BCUT2D eigenvalue weighted by Crippen LogP contribution is -2.49. The SMILES string of the molecule is COCC(=O)O[C@]1(CCNC[C@@H](C)CCCCc2nc3ccccc3[nH]2)CCc2cc(F)ccc2[C@@H]1C(C)C.Cl.Cl. The number of imidazole rings is 1. The molecule has 0 spiro atoms. The lowest BCUT2D eigenvalue weighted by atomic mass is 9.65. The van der Waals surface area contributed by atoms with Crippen molar-refractivity contribution in [3.8, 4) is 0 Å². The number of esters is 1. The molecule has 3 atom stereocenters. The van der Waals surface area contributed by atoms with Gasteiger partial charge in [-0.2, -0.15) is 0 Å². The smallest absolute Gasteiger partial charge is 0.332 e. The number of aryl methyl sites for hydroxylation is 2. The van der Waals surface area contributed by atoms with Crippen LogP contribution < -0.4 is 5.32 Å². The van der Waals surface area contributed by atoms with E-state index in [1.54, 1.807) is 6.07 Å². The monoisotopic (exact) mass is 609 g/mol. The Hall–Kier alpha value is -2.19. The molecule has 0 saturated carbocycles. The van der Waals surface area contributed by atoms with Gasteiger partial charge in [0.2, 0.25) is 0 Å². The van der Waals surface area contributed by atoms with E-state index in [9.17, 15) is 9.18 Å². The fraction of sp³-hybridized carbons (Fsp3) is 0.562. The molecular formula is C32H46Cl2FN3O3. The maximum absolute atomic E-state index is 14.0. The molecule has 1 aliphatic carbocycles. The minimum absolute atomic E-state index is 0. The first kappa shape index (κ1) is 35.0. The largest absolute Gasteiger partial charge is 0.457 e. The summed E-state index contributed by atoms with van der Waals surface area (Å²) < 4.78 is 25.3. The van der Waals surface area contributed by atoms with Gasteiger partial charge in [-0.05, 0) is 86.0 Å². The van der Waals surface area contributed by atoms with Gasteiger partial charge in [-0.15, -0.1) is 24.8 Å². The number of nitrogens with zero attached hydrogens (tertiary/aromatic N) is 1. The molecule has 1 heterocycles. The first-order chi connectivity index (χ1) is 18.8. The van der Waals surface area contributed by atoms with Crippen molar-refractivity contribution in [2.24, 2.45) is 11.8 Å². The summed E-state index contributed by atoms with van der Waals surface area (Å²) in [7, 11) is 1.51. The van der Waals surface area contributed by atoms with Crippen molar-refractivity contribution in [2.45, 2.75) is 77.2 Å². The normalized spacial score (nSPS) is 18.8. The summed E-state index contributed by atoms with van der Waals surface area (Å²) in [6, 6.07) is 13.2. The number of benzene rings is 2. The highest BCUT2D eigenvalue weighted by molar-refractivity contribution is 5.85. The summed E-state index contributed by atoms with van der Waals surface area (Å²) in [6.07, 6.45) is 6.46. The Morgan fingerprint density at radius 3 is 2.68 bits per heavy atom. The van der Waals surface area contributed by atoms with E-state index in [4.69, 9.17) is 9.47 Å². The third-order valence-corrected chi connectivity index (χ3v) is 8.09. The van der Waals surface area contributed by atoms with Crippen LogP contribution in [0.2, 0.25) is 0 Å². The van der Waals surface area contributed by atoms with Gasteiger partial charge in [0.05, 0.1) is 11.0 Å². The molecule has 1 aliphatic rings. The van der Waals surface area contributed by atoms with Gasteiger partial charge in [-0.25, -0.2) is 14.2 Å². The van der Waals surface area contributed by atoms with Crippen LogP contribution in [-0.2, 0) is 27.1 Å². The summed E-state index contributed by atoms with van der Waals surface area (Å²) in [5.74, 6) is 1.28. The molecule has 0 amide bonds. The average molecular weight is 611 g/mol. The summed E-state index contributed by atoms with van der Waals surface area (Å²) in [6.45, 7) is 8.20. The zero-order valence-corrected chi connectivity index (χ0v) is 26.3. The van der Waals surface area contributed by atoms with E-state index in [0.29, 0.717) is 25.2 Å². The predicted molar refractivity (Wildman–Crippen MR) is 168 cm³/mol. The van der Waals surface area contributed by atoms with Gasteiger partial charge >= 0.3 is 5.97 Å². The molecule has 9 heteroatoms. The molecule has 0 aliphatic heterocycles. The van der Waals surface area contributed by atoms with Crippen molar-refractivity contribution >= 4 is 41.8 Å². The second-order valence-corrected chi connectivity index (χ2v) is 11.5. The molecule has 0 saturated heterocycles. The number of nitrogens with one attached hydrogen (secondary N) is 2. The fourth-order valence-corrected chi connectivity index (χ4v) is 6.33. The van der Waals surface area contributed by atoms with Crippen molar-refractivity contribution in [1.82, 2.24) is 15.3 Å². The van der Waals surface area contributed by atoms with E-state index in [-0.39, 0.29) is 55.0 Å². The molecule has 0 radical (unpaired) electrons. The molecule has 2 aromatic carbocycles. The minimum atomic E-state index is -0.641. The second-order valence-electron chi connectivity index (χ2n) is 11.5. The van der Waals surface area contributed by atoms with Crippen molar-refractivity contribution in [3.05, 3.63) is 65.2 Å². The number of carbonyl (C=O) groups is 1. The molecule has 0 fully saturated rings. The Morgan fingerprint density at radius 1 is 1.17 bits per heavy atom. The van der Waals surface area contributed by atoms with Gasteiger partial charge in [0, 0.05) is 25.9 Å². The van der Waals surface area contributed by atoms with Crippen LogP contribution in [0.4, 0.5) is 4.39 Å². The molecule has 41 heavy (non-hydrogen) atoms. The number of halogens is 3. The topological polar surface area (TPSA) is 76.2 Å². The molecule has 3 aromatic rings. The van der Waals surface area contributed by atoms with Crippen LogP contribution in [0.1, 0.15) is 75.7 Å². The number of rotatable bonds is 14. The second kappa shape index (κ2) is 16.4. The maximum Gasteiger partial charge on any atom is 0.332 e. The number of carbonyl (C=O) groups excluding carboxylic acids is 1. The number of methoxy groups -OCH3 is 1. The van der Waals surface area contributed by atoms with E-state index in [2.05, 4.69) is 42.1 Å². The summed E-state index contributed by atoms with van der Waals surface area (Å²) in [5.41, 5.74) is 3.61. The molecule has 6 nitrogen and oxygen atoms in total. The van der Waals surface area contributed by atoms with Crippen LogP contribution in [0.15, 0.2) is 42.5 Å².